The Hall–Kier alpha value is -2.54. The van der Waals surface area contributed by atoms with Crippen molar-refractivity contribution in [1.29, 1.82) is 0 Å². The SMILES string of the molecule is CCCCCC1CC2(C=O)C3CCC45CCC#Cc6ccccc6CC(NC)C6CC(CC4(O)C3(O)CC3CC(C(C)C4CCCC4)CCC(C1O)C32O)C5C1=CC(=O)OC16. The van der Waals surface area contributed by atoms with Crippen molar-refractivity contribution in [1.82, 2.24) is 5.32 Å². The molecule has 7 fully saturated rings. The molecule has 1 spiro atoms. The Morgan fingerprint density at radius 3 is 2.56 bits per heavy atom. The van der Waals surface area contributed by atoms with Crippen LogP contribution in [0, 0.1) is 81.8 Å². The van der Waals surface area contributed by atoms with E-state index in [2.05, 4.69) is 49.2 Å². The molecule has 8 nitrogen and oxygen atoms in total. The molecule has 17 unspecified atom stereocenters. The third-order valence-electron chi connectivity index (χ3n) is 20.4. The number of aliphatic hydroxyl groups is 4. The molecule has 61 heavy (non-hydrogen) atoms. The monoisotopic (exact) mass is 836 g/mol. The number of hydrogen-bond acceptors (Lipinski definition) is 8. The summed E-state index contributed by atoms with van der Waals surface area (Å²) >= 11 is 0. The van der Waals surface area contributed by atoms with E-state index in [0.29, 0.717) is 69.1 Å². The lowest BCUT2D eigenvalue weighted by Gasteiger charge is -2.72. The van der Waals surface area contributed by atoms with Gasteiger partial charge in [0.25, 0.3) is 0 Å². The molecule has 1 aromatic carbocycles. The summed E-state index contributed by atoms with van der Waals surface area (Å²) in [6.07, 6.45) is 17.2. The maximum atomic E-state index is 14.6. The molecule has 0 radical (unpaired) electrons. The summed E-state index contributed by atoms with van der Waals surface area (Å²) < 4.78 is 6.29. The van der Waals surface area contributed by atoms with E-state index in [-0.39, 0.29) is 42.1 Å². The topological polar surface area (TPSA) is 136 Å². The molecule has 332 valence electrons. The van der Waals surface area contributed by atoms with Crippen LogP contribution in [0.15, 0.2) is 35.9 Å². The summed E-state index contributed by atoms with van der Waals surface area (Å²) in [6, 6.07) is 8.32. The summed E-state index contributed by atoms with van der Waals surface area (Å²) in [5, 5.41) is 58.6. The minimum Gasteiger partial charge on any atom is -0.454 e. The van der Waals surface area contributed by atoms with Gasteiger partial charge in [-0.3, -0.25) is 0 Å². The molecule has 1 aliphatic heterocycles. The van der Waals surface area contributed by atoms with Crippen LogP contribution in [0.4, 0.5) is 0 Å². The van der Waals surface area contributed by atoms with Gasteiger partial charge < -0.3 is 35.3 Å². The van der Waals surface area contributed by atoms with Gasteiger partial charge >= 0.3 is 5.97 Å². The van der Waals surface area contributed by atoms with Crippen molar-refractivity contribution in [3.05, 3.63) is 47.0 Å². The van der Waals surface area contributed by atoms with Gasteiger partial charge in [0.2, 0.25) is 0 Å². The van der Waals surface area contributed by atoms with Gasteiger partial charge in [-0.1, -0.05) is 88.8 Å². The number of carbonyl (C=O) groups is 2. The molecule has 1 heterocycles. The molecular formula is C53H73NO7. The molecule has 17 atom stereocenters. The van der Waals surface area contributed by atoms with Gasteiger partial charge in [-0.15, -0.1) is 0 Å². The minimum absolute atomic E-state index is 0.0175. The zero-order valence-corrected chi connectivity index (χ0v) is 37.1. The predicted octanol–water partition coefficient (Wildman–Crippen LogP) is 7.47. The number of hydrogen-bond donors (Lipinski definition) is 5. The van der Waals surface area contributed by atoms with Crippen molar-refractivity contribution in [2.24, 2.45) is 70.0 Å². The normalized spacial score (nSPS) is 47.9. The van der Waals surface area contributed by atoms with Crippen molar-refractivity contribution in [2.45, 2.75) is 177 Å². The van der Waals surface area contributed by atoms with Gasteiger partial charge in [0, 0.05) is 47.3 Å². The van der Waals surface area contributed by atoms with E-state index in [1.807, 2.05) is 13.1 Å². The highest BCUT2D eigenvalue weighted by Crippen LogP contribution is 2.78. The van der Waals surface area contributed by atoms with Gasteiger partial charge in [-0.2, -0.15) is 0 Å². The van der Waals surface area contributed by atoms with Crippen LogP contribution < -0.4 is 5.32 Å². The zero-order chi connectivity index (χ0) is 42.5. The summed E-state index contributed by atoms with van der Waals surface area (Å²) in [6.45, 7) is 4.58. The quantitative estimate of drug-likeness (QED) is 0.0789. The largest absolute Gasteiger partial charge is 0.454 e. The number of benzene rings is 1. The highest BCUT2D eigenvalue weighted by Gasteiger charge is 2.83. The zero-order valence-electron chi connectivity index (χ0n) is 37.1. The highest BCUT2D eigenvalue weighted by molar-refractivity contribution is 5.86. The number of unbranched alkanes of at least 4 members (excludes halogenated alkanes) is 2. The fraction of sp³-hybridized carbons (Fsp3) is 0.774. The van der Waals surface area contributed by atoms with E-state index < -0.39 is 57.6 Å². The average molecular weight is 836 g/mol. The van der Waals surface area contributed by atoms with E-state index in [1.165, 1.54) is 31.2 Å². The van der Waals surface area contributed by atoms with E-state index in [1.54, 1.807) is 6.08 Å². The lowest BCUT2D eigenvalue weighted by molar-refractivity contribution is -0.348. The maximum absolute atomic E-state index is 14.6. The Morgan fingerprint density at radius 1 is 0.984 bits per heavy atom. The molecule has 9 aliphatic rings. The lowest BCUT2D eigenvalue weighted by Crippen LogP contribution is -2.81. The van der Waals surface area contributed by atoms with E-state index in [9.17, 15) is 30.0 Å². The van der Waals surface area contributed by atoms with Crippen molar-refractivity contribution in [3.63, 3.8) is 0 Å². The number of rotatable bonds is 8. The van der Waals surface area contributed by atoms with E-state index >= 15 is 0 Å². The van der Waals surface area contributed by atoms with Crippen LogP contribution in [0.1, 0.15) is 147 Å². The van der Waals surface area contributed by atoms with Crippen LogP contribution in [0.25, 0.3) is 0 Å². The number of ether oxygens (including phenoxy) is 1. The summed E-state index contributed by atoms with van der Waals surface area (Å²) in [4.78, 5) is 28.0. The van der Waals surface area contributed by atoms with Crippen LogP contribution in [0.2, 0.25) is 0 Å². The molecular weight excluding hydrogens is 763 g/mol. The molecule has 10 rings (SSSR count). The molecule has 0 saturated heterocycles. The summed E-state index contributed by atoms with van der Waals surface area (Å²) in [7, 11) is 1.99. The second-order valence-corrected chi connectivity index (χ2v) is 22.4. The minimum atomic E-state index is -1.68. The van der Waals surface area contributed by atoms with Crippen LogP contribution in [0.5, 0.6) is 0 Å². The lowest BCUT2D eigenvalue weighted by atomic mass is 9.35. The Bertz CT molecular complexity index is 1960. The molecule has 1 aromatic rings. The predicted molar refractivity (Wildman–Crippen MR) is 234 cm³/mol. The average Bonchev–Trinajstić information content (AvgIpc) is 3.96. The molecule has 8 aliphatic carbocycles. The maximum Gasteiger partial charge on any atom is 0.331 e. The van der Waals surface area contributed by atoms with Crippen molar-refractivity contribution < 1.29 is 34.8 Å². The highest BCUT2D eigenvalue weighted by atomic mass is 16.5. The van der Waals surface area contributed by atoms with Gasteiger partial charge in [0.05, 0.1) is 22.7 Å². The Balaban J connectivity index is 1.13. The Labute approximate surface area is 364 Å². The first-order valence-electron chi connectivity index (χ1n) is 24.9. The molecule has 8 heteroatoms. The second-order valence-electron chi connectivity index (χ2n) is 22.4. The molecule has 0 aromatic heterocycles. The first-order valence-corrected chi connectivity index (χ1v) is 24.9. The van der Waals surface area contributed by atoms with Crippen molar-refractivity contribution in [2.75, 3.05) is 7.05 Å². The standard InChI is InChI=1S/C53H73NO7/c1-4-5-6-18-37-28-50(31-55)44-21-23-49-22-12-11-16-34-15-9-10-17-36(34)26-43(54-3)40-25-38(46(49)41-27-45(56)61-48(40)41)29-52(49,59)51(44,58)30-39-24-35(32(2)33-13-7-8-14-33)19-20-42(47(37)57)53(39,50)60/h9-10,15,17,27,31-33,35,37-40,42-44,46-48,54,57-60H,4-8,12-14,18-26,28-30H2,1-3H3. The number of fused-ring (bicyclic) bond motifs is 7. The van der Waals surface area contributed by atoms with Crippen LogP contribution in [0.3, 0.4) is 0 Å². The van der Waals surface area contributed by atoms with Gasteiger partial charge in [-0.25, -0.2) is 4.79 Å². The molecule has 5 N–H and O–H groups in total. The summed E-state index contributed by atoms with van der Waals surface area (Å²) in [5.74, 6) is 6.08. The first kappa shape index (κ1) is 42.4. The summed E-state index contributed by atoms with van der Waals surface area (Å²) in [5.41, 5.74) is -3.78. The van der Waals surface area contributed by atoms with Crippen LogP contribution in [-0.2, 0) is 20.7 Å². The van der Waals surface area contributed by atoms with Crippen molar-refractivity contribution >= 4 is 12.3 Å². The number of carbonyl (C=O) groups excluding carboxylic acids is 2. The fourth-order valence-electron chi connectivity index (χ4n) is 17.8. The smallest absolute Gasteiger partial charge is 0.331 e. The van der Waals surface area contributed by atoms with Gasteiger partial charge in [0.1, 0.15) is 18.0 Å². The Kier molecular flexibility index (Phi) is 10.8. The third kappa shape index (κ3) is 5.94. The number of aldehydes is 1. The second kappa shape index (κ2) is 15.6. The van der Waals surface area contributed by atoms with Gasteiger partial charge in [-0.05, 0) is 143 Å². The van der Waals surface area contributed by atoms with Crippen molar-refractivity contribution in [3.8, 4) is 11.8 Å². The van der Waals surface area contributed by atoms with Crippen LogP contribution >= 0.6 is 0 Å². The Morgan fingerprint density at radius 2 is 1.79 bits per heavy atom. The van der Waals surface area contributed by atoms with Crippen LogP contribution in [-0.4, -0.2) is 74.8 Å². The number of esters is 1. The first-order chi connectivity index (χ1) is 29.4. The van der Waals surface area contributed by atoms with E-state index in [4.69, 9.17) is 4.74 Å². The molecule has 7 saturated carbocycles. The molecule has 0 amide bonds. The number of nitrogens with one attached hydrogen (secondary N) is 1. The van der Waals surface area contributed by atoms with E-state index in [0.717, 1.165) is 62.4 Å². The fourth-order valence-corrected chi connectivity index (χ4v) is 17.8. The molecule has 4 bridgehead atoms. The van der Waals surface area contributed by atoms with Gasteiger partial charge in [0.15, 0.2) is 0 Å². The third-order valence-corrected chi connectivity index (χ3v) is 20.4. The number of likely N-dealkylation sites (N-methyl/N-ethyl adjacent to an activating group) is 1. The number of aliphatic hydroxyl groups excluding tert-OH is 1.